The Morgan fingerprint density at radius 3 is 2.47 bits per heavy atom. The highest BCUT2D eigenvalue weighted by Gasteiger charge is 2.21. The van der Waals surface area contributed by atoms with E-state index in [1.807, 2.05) is 0 Å². The third-order valence-electron chi connectivity index (χ3n) is 2.44. The zero-order valence-electron chi connectivity index (χ0n) is 11.4. The van der Waals surface area contributed by atoms with Crippen molar-refractivity contribution in [3.8, 4) is 5.75 Å². The molecule has 1 aromatic carbocycles. The van der Waals surface area contributed by atoms with Crippen LogP contribution >= 0.6 is 0 Å². The fourth-order valence-electron chi connectivity index (χ4n) is 1.26. The third-order valence-corrected chi connectivity index (χ3v) is 2.44. The van der Waals surface area contributed by atoms with Gasteiger partial charge in [-0.1, -0.05) is 20.8 Å². The molecule has 106 valence electrons. The molecular weight excluding hydrogens is 249 g/mol. The lowest BCUT2D eigenvalue weighted by molar-refractivity contribution is -0.129. The van der Waals surface area contributed by atoms with Crippen LogP contribution in [0, 0.1) is 11.2 Å². The third kappa shape index (κ3) is 5.70. The van der Waals surface area contributed by atoms with Crippen molar-refractivity contribution < 1.29 is 19.0 Å². The number of benzene rings is 1. The van der Waals surface area contributed by atoms with E-state index in [1.165, 1.54) is 24.3 Å². The van der Waals surface area contributed by atoms with E-state index in [9.17, 15) is 14.3 Å². The molecule has 0 saturated heterocycles. The van der Waals surface area contributed by atoms with Gasteiger partial charge >= 0.3 is 0 Å². The second kappa shape index (κ2) is 6.52. The van der Waals surface area contributed by atoms with Crippen molar-refractivity contribution in [3.63, 3.8) is 0 Å². The summed E-state index contributed by atoms with van der Waals surface area (Å²) >= 11 is 0. The number of halogens is 1. The molecule has 1 rings (SSSR count). The van der Waals surface area contributed by atoms with Gasteiger partial charge in [-0.05, 0) is 24.3 Å². The van der Waals surface area contributed by atoms with Gasteiger partial charge in [0.15, 0.2) is 0 Å². The fraction of sp³-hybridized carbons (Fsp3) is 0.500. The number of aliphatic hydroxyl groups excluding tert-OH is 1. The van der Waals surface area contributed by atoms with Crippen molar-refractivity contribution in [2.45, 2.75) is 26.9 Å². The summed E-state index contributed by atoms with van der Waals surface area (Å²) in [6, 6.07) is 5.53. The highest BCUT2D eigenvalue weighted by Crippen LogP contribution is 2.13. The van der Waals surface area contributed by atoms with Crippen LogP contribution in [-0.2, 0) is 4.79 Å². The van der Waals surface area contributed by atoms with Crippen LogP contribution in [0.5, 0.6) is 5.75 Å². The maximum Gasteiger partial charge on any atom is 0.225 e. The van der Waals surface area contributed by atoms with E-state index in [-0.39, 0.29) is 24.9 Å². The second-order valence-electron chi connectivity index (χ2n) is 5.38. The smallest absolute Gasteiger partial charge is 0.225 e. The molecule has 0 radical (unpaired) electrons. The van der Waals surface area contributed by atoms with E-state index >= 15 is 0 Å². The van der Waals surface area contributed by atoms with Crippen LogP contribution in [0.3, 0.4) is 0 Å². The normalized spacial score (nSPS) is 12.9. The first-order chi connectivity index (χ1) is 8.79. The zero-order valence-corrected chi connectivity index (χ0v) is 11.4. The SMILES string of the molecule is CC(C)(C)C(=O)NCC(O)COc1ccc(F)cc1. The van der Waals surface area contributed by atoms with Crippen molar-refractivity contribution in [2.24, 2.45) is 5.41 Å². The summed E-state index contributed by atoms with van der Waals surface area (Å²) in [7, 11) is 0. The Kier molecular flexibility index (Phi) is 5.30. The second-order valence-corrected chi connectivity index (χ2v) is 5.38. The van der Waals surface area contributed by atoms with Crippen LogP contribution in [0.2, 0.25) is 0 Å². The van der Waals surface area contributed by atoms with Gasteiger partial charge < -0.3 is 15.2 Å². The van der Waals surface area contributed by atoms with Crippen molar-refractivity contribution in [3.05, 3.63) is 30.1 Å². The Morgan fingerprint density at radius 1 is 1.37 bits per heavy atom. The summed E-state index contributed by atoms with van der Waals surface area (Å²) in [6.45, 7) is 5.55. The van der Waals surface area contributed by atoms with E-state index < -0.39 is 11.5 Å². The first kappa shape index (κ1) is 15.4. The monoisotopic (exact) mass is 269 g/mol. The first-order valence-corrected chi connectivity index (χ1v) is 6.14. The van der Waals surface area contributed by atoms with Gasteiger partial charge in [0.2, 0.25) is 5.91 Å². The lowest BCUT2D eigenvalue weighted by atomic mass is 9.96. The fourth-order valence-corrected chi connectivity index (χ4v) is 1.26. The molecule has 1 atom stereocenters. The predicted molar refractivity (Wildman–Crippen MR) is 70.4 cm³/mol. The largest absolute Gasteiger partial charge is 0.491 e. The molecule has 19 heavy (non-hydrogen) atoms. The number of hydrogen-bond donors (Lipinski definition) is 2. The minimum absolute atomic E-state index is 0.0378. The summed E-state index contributed by atoms with van der Waals surface area (Å²) < 4.78 is 17.9. The van der Waals surface area contributed by atoms with Gasteiger partial charge in [0, 0.05) is 12.0 Å². The standard InChI is InChI=1S/C14H20FNO3/c1-14(2,3)13(18)16-8-11(17)9-19-12-6-4-10(15)5-7-12/h4-7,11,17H,8-9H2,1-3H3,(H,16,18). The molecule has 0 heterocycles. The Hall–Kier alpha value is -1.62. The molecular formula is C14H20FNO3. The van der Waals surface area contributed by atoms with E-state index in [4.69, 9.17) is 4.74 Å². The lowest BCUT2D eigenvalue weighted by Crippen LogP contribution is -2.40. The molecule has 0 aliphatic rings. The average molecular weight is 269 g/mol. The van der Waals surface area contributed by atoms with Gasteiger partial charge in [-0.2, -0.15) is 0 Å². The topological polar surface area (TPSA) is 58.6 Å². The van der Waals surface area contributed by atoms with Gasteiger partial charge in [0.05, 0.1) is 0 Å². The minimum atomic E-state index is -0.809. The number of hydrogen-bond acceptors (Lipinski definition) is 3. The summed E-state index contributed by atoms with van der Waals surface area (Å²) in [5, 5.41) is 12.3. The number of carbonyl (C=O) groups excluding carboxylic acids is 1. The molecule has 0 saturated carbocycles. The maximum atomic E-state index is 12.7. The molecule has 5 heteroatoms. The molecule has 0 bridgehead atoms. The summed E-state index contributed by atoms with van der Waals surface area (Å²) in [5.41, 5.74) is -0.489. The van der Waals surface area contributed by atoms with Crippen LogP contribution in [0.1, 0.15) is 20.8 Å². The Bertz CT molecular complexity index is 412. The molecule has 0 aliphatic carbocycles. The molecule has 0 aliphatic heterocycles. The number of ether oxygens (including phenoxy) is 1. The van der Waals surface area contributed by atoms with Crippen molar-refractivity contribution in [1.29, 1.82) is 0 Å². The van der Waals surface area contributed by atoms with Crippen LogP contribution in [0.15, 0.2) is 24.3 Å². The maximum absolute atomic E-state index is 12.7. The van der Waals surface area contributed by atoms with Crippen molar-refractivity contribution in [1.82, 2.24) is 5.32 Å². The Balaban J connectivity index is 2.30. The predicted octanol–water partition coefficient (Wildman–Crippen LogP) is 1.73. The molecule has 1 aromatic rings. The van der Waals surface area contributed by atoms with Gasteiger partial charge in [-0.3, -0.25) is 4.79 Å². The van der Waals surface area contributed by atoms with Crippen LogP contribution < -0.4 is 10.1 Å². The van der Waals surface area contributed by atoms with Crippen LogP contribution in [0.4, 0.5) is 4.39 Å². The van der Waals surface area contributed by atoms with Crippen molar-refractivity contribution >= 4 is 5.91 Å². The lowest BCUT2D eigenvalue weighted by Gasteiger charge is -2.19. The van der Waals surface area contributed by atoms with Gasteiger partial charge in [0.25, 0.3) is 0 Å². The first-order valence-electron chi connectivity index (χ1n) is 6.14. The summed E-state index contributed by atoms with van der Waals surface area (Å²) in [5.74, 6) is 0.00118. The molecule has 0 fully saturated rings. The number of rotatable bonds is 5. The molecule has 1 amide bonds. The highest BCUT2D eigenvalue weighted by molar-refractivity contribution is 5.81. The van der Waals surface area contributed by atoms with Gasteiger partial charge in [0.1, 0.15) is 24.3 Å². The van der Waals surface area contributed by atoms with Gasteiger partial charge in [-0.25, -0.2) is 4.39 Å². The zero-order chi connectivity index (χ0) is 14.5. The molecule has 0 aromatic heterocycles. The molecule has 2 N–H and O–H groups in total. The minimum Gasteiger partial charge on any atom is -0.491 e. The molecule has 1 unspecified atom stereocenters. The average Bonchev–Trinajstić information content (AvgIpc) is 2.34. The van der Waals surface area contributed by atoms with E-state index in [0.29, 0.717) is 5.75 Å². The Morgan fingerprint density at radius 2 is 1.95 bits per heavy atom. The van der Waals surface area contributed by atoms with E-state index in [1.54, 1.807) is 20.8 Å². The van der Waals surface area contributed by atoms with E-state index in [2.05, 4.69) is 5.32 Å². The van der Waals surface area contributed by atoms with Crippen molar-refractivity contribution in [2.75, 3.05) is 13.2 Å². The quantitative estimate of drug-likeness (QED) is 0.856. The Labute approximate surface area is 112 Å². The van der Waals surface area contributed by atoms with Gasteiger partial charge in [-0.15, -0.1) is 0 Å². The number of carbonyl (C=O) groups is 1. The van der Waals surface area contributed by atoms with Crippen LogP contribution in [0.25, 0.3) is 0 Å². The number of aliphatic hydroxyl groups is 1. The van der Waals surface area contributed by atoms with Crippen LogP contribution in [-0.4, -0.2) is 30.3 Å². The molecule has 0 spiro atoms. The highest BCUT2D eigenvalue weighted by atomic mass is 19.1. The summed E-state index contributed by atoms with van der Waals surface area (Å²) in [4.78, 5) is 11.6. The number of amides is 1. The molecule has 4 nitrogen and oxygen atoms in total. The number of nitrogens with one attached hydrogen (secondary N) is 1. The van der Waals surface area contributed by atoms with E-state index in [0.717, 1.165) is 0 Å². The summed E-state index contributed by atoms with van der Waals surface area (Å²) in [6.07, 6.45) is -0.809.